The van der Waals surface area contributed by atoms with Gasteiger partial charge in [0.05, 0.1) is 18.7 Å². The Balaban J connectivity index is 1.37. The van der Waals surface area contributed by atoms with Crippen molar-refractivity contribution in [2.45, 2.75) is 19.1 Å². The fraction of sp³-hybridized carbons (Fsp3) is 0.381. The third-order valence-electron chi connectivity index (χ3n) is 5.40. The van der Waals surface area contributed by atoms with E-state index in [4.69, 9.17) is 9.15 Å². The molecule has 0 bridgehead atoms. The van der Waals surface area contributed by atoms with Crippen molar-refractivity contribution in [1.29, 1.82) is 0 Å². The second kappa shape index (κ2) is 8.54. The quantitative estimate of drug-likeness (QED) is 0.602. The van der Waals surface area contributed by atoms with E-state index in [0.29, 0.717) is 43.8 Å². The molecule has 164 valence electrons. The molecule has 0 aliphatic carbocycles. The van der Waals surface area contributed by atoms with E-state index in [2.05, 4.69) is 20.1 Å². The van der Waals surface area contributed by atoms with E-state index >= 15 is 0 Å². The largest absolute Gasteiger partial charge is 0.497 e. The van der Waals surface area contributed by atoms with Crippen LogP contribution < -0.4 is 9.64 Å². The van der Waals surface area contributed by atoms with Crippen molar-refractivity contribution < 1.29 is 22.3 Å². The average Bonchev–Trinajstić information content (AvgIpc) is 3.28. The topological polar surface area (TPSA) is 67.5 Å². The van der Waals surface area contributed by atoms with E-state index < -0.39 is 11.7 Å². The van der Waals surface area contributed by atoms with Crippen molar-refractivity contribution in [3.8, 4) is 17.2 Å². The standard InChI is InChI=1S/C21H22F3N5O2/c1-14(19-26-27-20(31-19)15-3-6-17(30-2)7-4-15)28-9-11-29(12-10-28)18-8-5-16(13-25-18)21(22,23)24/h3-8,13-14H,9-12H2,1-2H3. The molecule has 0 amide bonds. The lowest BCUT2D eigenvalue weighted by Crippen LogP contribution is -2.47. The molecular formula is C21H22F3N5O2. The van der Waals surface area contributed by atoms with Gasteiger partial charge in [-0.3, -0.25) is 4.90 Å². The Hall–Kier alpha value is -3.14. The summed E-state index contributed by atoms with van der Waals surface area (Å²) in [5, 5.41) is 8.35. The molecule has 10 heteroatoms. The number of halogens is 3. The van der Waals surface area contributed by atoms with Gasteiger partial charge in [-0.2, -0.15) is 13.2 Å². The fourth-order valence-corrected chi connectivity index (χ4v) is 3.49. The number of hydrogen-bond donors (Lipinski definition) is 0. The van der Waals surface area contributed by atoms with E-state index in [1.54, 1.807) is 7.11 Å². The summed E-state index contributed by atoms with van der Waals surface area (Å²) >= 11 is 0. The minimum Gasteiger partial charge on any atom is -0.497 e. The number of nitrogens with zero attached hydrogens (tertiary/aromatic N) is 5. The Labute approximate surface area is 177 Å². The van der Waals surface area contributed by atoms with Gasteiger partial charge in [0.25, 0.3) is 0 Å². The Bertz CT molecular complexity index is 997. The monoisotopic (exact) mass is 433 g/mol. The predicted octanol–water partition coefficient (Wildman–Crippen LogP) is 4.04. The van der Waals surface area contributed by atoms with Crippen LogP contribution in [0.25, 0.3) is 11.5 Å². The first-order chi connectivity index (χ1) is 14.8. The first-order valence-electron chi connectivity index (χ1n) is 9.85. The van der Waals surface area contributed by atoms with E-state index in [1.807, 2.05) is 36.1 Å². The summed E-state index contributed by atoms with van der Waals surface area (Å²) in [6.07, 6.45) is -3.50. The van der Waals surface area contributed by atoms with Crippen LogP contribution in [0.5, 0.6) is 5.75 Å². The summed E-state index contributed by atoms with van der Waals surface area (Å²) in [4.78, 5) is 8.16. The van der Waals surface area contributed by atoms with Crippen LogP contribution in [0.1, 0.15) is 24.4 Å². The molecule has 0 N–H and O–H groups in total. The van der Waals surface area contributed by atoms with Crippen molar-refractivity contribution in [3.05, 3.63) is 54.0 Å². The molecule has 1 unspecified atom stereocenters. The highest BCUT2D eigenvalue weighted by Gasteiger charge is 2.31. The van der Waals surface area contributed by atoms with Crippen molar-refractivity contribution in [2.75, 3.05) is 38.2 Å². The smallest absolute Gasteiger partial charge is 0.417 e. The lowest BCUT2D eigenvalue weighted by molar-refractivity contribution is -0.137. The highest BCUT2D eigenvalue weighted by molar-refractivity contribution is 5.54. The van der Waals surface area contributed by atoms with Crippen LogP contribution in [0.15, 0.2) is 47.0 Å². The Morgan fingerprint density at radius 3 is 2.29 bits per heavy atom. The molecule has 7 nitrogen and oxygen atoms in total. The molecular weight excluding hydrogens is 411 g/mol. The number of piperazine rings is 1. The van der Waals surface area contributed by atoms with Crippen LogP contribution in [0.2, 0.25) is 0 Å². The van der Waals surface area contributed by atoms with E-state index in [1.165, 1.54) is 6.07 Å². The number of rotatable bonds is 5. The maximum atomic E-state index is 12.7. The third kappa shape index (κ3) is 4.63. The van der Waals surface area contributed by atoms with Crippen LogP contribution in [0.3, 0.4) is 0 Å². The normalized spacial score (nSPS) is 16.4. The number of aromatic nitrogens is 3. The van der Waals surface area contributed by atoms with Gasteiger partial charge in [-0.1, -0.05) is 0 Å². The van der Waals surface area contributed by atoms with Gasteiger partial charge < -0.3 is 14.1 Å². The van der Waals surface area contributed by atoms with Gasteiger partial charge in [-0.15, -0.1) is 10.2 Å². The molecule has 1 saturated heterocycles. The van der Waals surface area contributed by atoms with Crippen LogP contribution >= 0.6 is 0 Å². The van der Waals surface area contributed by atoms with Gasteiger partial charge >= 0.3 is 6.18 Å². The predicted molar refractivity (Wildman–Crippen MR) is 108 cm³/mol. The molecule has 0 radical (unpaired) electrons. The third-order valence-corrected chi connectivity index (χ3v) is 5.40. The molecule has 3 heterocycles. The zero-order chi connectivity index (χ0) is 22.0. The molecule has 1 aliphatic rings. The van der Waals surface area contributed by atoms with Crippen molar-refractivity contribution in [1.82, 2.24) is 20.1 Å². The summed E-state index contributed by atoms with van der Waals surface area (Å²) < 4.78 is 49.2. The minimum absolute atomic E-state index is 0.0813. The Kier molecular flexibility index (Phi) is 5.81. The molecule has 1 aliphatic heterocycles. The van der Waals surface area contributed by atoms with Crippen LogP contribution in [0.4, 0.5) is 19.0 Å². The molecule has 0 spiro atoms. The maximum absolute atomic E-state index is 12.7. The second-order valence-corrected chi connectivity index (χ2v) is 7.28. The van der Waals surface area contributed by atoms with Crippen molar-refractivity contribution in [3.63, 3.8) is 0 Å². The first-order valence-corrected chi connectivity index (χ1v) is 9.85. The highest BCUT2D eigenvalue weighted by Crippen LogP contribution is 2.30. The van der Waals surface area contributed by atoms with Gasteiger partial charge in [0.15, 0.2) is 0 Å². The van der Waals surface area contributed by atoms with Crippen LogP contribution in [0, 0.1) is 0 Å². The number of benzene rings is 1. The zero-order valence-electron chi connectivity index (χ0n) is 17.1. The molecule has 3 aromatic rings. The molecule has 31 heavy (non-hydrogen) atoms. The van der Waals surface area contributed by atoms with Crippen molar-refractivity contribution in [2.24, 2.45) is 0 Å². The Morgan fingerprint density at radius 2 is 1.71 bits per heavy atom. The molecule has 1 aromatic carbocycles. The number of pyridine rings is 1. The lowest BCUT2D eigenvalue weighted by Gasteiger charge is -2.37. The summed E-state index contributed by atoms with van der Waals surface area (Å²) in [5.41, 5.74) is 0.0671. The summed E-state index contributed by atoms with van der Waals surface area (Å²) in [7, 11) is 1.61. The van der Waals surface area contributed by atoms with Gasteiger partial charge in [0.2, 0.25) is 11.8 Å². The molecule has 2 aromatic heterocycles. The number of methoxy groups -OCH3 is 1. The molecule has 1 atom stereocenters. The van der Waals surface area contributed by atoms with Gasteiger partial charge in [-0.05, 0) is 43.3 Å². The van der Waals surface area contributed by atoms with Crippen LogP contribution in [-0.2, 0) is 6.18 Å². The Morgan fingerprint density at radius 1 is 1.00 bits per heavy atom. The summed E-state index contributed by atoms with van der Waals surface area (Å²) in [5.74, 6) is 2.25. The van der Waals surface area contributed by atoms with E-state index in [9.17, 15) is 13.2 Å². The lowest BCUT2D eigenvalue weighted by atomic mass is 10.2. The van der Waals surface area contributed by atoms with Gasteiger partial charge in [0, 0.05) is 37.9 Å². The minimum atomic E-state index is -4.38. The fourth-order valence-electron chi connectivity index (χ4n) is 3.49. The number of anilines is 1. The van der Waals surface area contributed by atoms with Crippen LogP contribution in [-0.4, -0.2) is 53.4 Å². The first kappa shape index (κ1) is 21.1. The van der Waals surface area contributed by atoms with Crippen molar-refractivity contribution >= 4 is 5.82 Å². The summed E-state index contributed by atoms with van der Waals surface area (Å²) in [6, 6.07) is 9.78. The van der Waals surface area contributed by atoms with Gasteiger partial charge in [-0.25, -0.2) is 4.98 Å². The van der Waals surface area contributed by atoms with Gasteiger partial charge in [0.1, 0.15) is 11.6 Å². The number of alkyl halides is 3. The zero-order valence-corrected chi connectivity index (χ0v) is 17.1. The second-order valence-electron chi connectivity index (χ2n) is 7.28. The molecule has 4 rings (SSSR count). The average molecular weight is 433 g/mol. The SMILES string of the molecule is COc1ccc(-c2nnc(C(C)N3CCN(c4ccc(C(F)(F)F)cn4)CC3)o2)cc1. The number of hydrogen-bond acceptors (Lipinski definition) is 7. The van der Waals surface area contributed by atoms with E-state index in [0.717, 1.165) is 23.6 Å². The number of ether oxygens (including phenoxy) is 1. The molecule has 0 saturated carbocycles. The molecule has 1 fully saturated rings. The summed E-state index contributed by atoms with van der Waals surface area (Å²) in [6.45, 7) is 4.68. The maximum Gasteiger partial charge on any atom is 0.417 e. The van der Waals surface area contributed by atoms with E-state index in [-0.39, 0.29) is 6.04 Å². The highest BCUT2D eigenvalue weighted by atomic mass is 19.4.